The zero-order valence-corrected chi connectivity index (χ0v) is 32.6. The Morgan fingerprint density at radius 3 is 2.32 bits per heavy atom. The number of carbonyl (C=O) groups is 5. The molecule has 1 atom stereocenters. The number of thiophene rings is 1. The average molecular weight is 789 g/mol. The van der Waals surface area contributed by atoms with Gasteiger partial charge in [0.05, 0.1) is 25.8 Å². The lowest BCUT2D eigenvalue weighted by Gasteiger charge is -2.25. The Morgan fingerprint density at radius 2 is 1.61 bits per heavy atom. The van der Waals surface area contributed by atoms with Gasteiger partial charge in [0.15, 0.2) is 0 Å². The molecule has 0 radical (unpaired) electrons. The van der Waals surface area contributed by atoms with Gasteiger partial charge in [0.25, 0.3) is 11.8 Å². The van der Waals surface area contributed by atoms with Crippen molar-refractivity contribution < 1.29 is 33.4 Å². The number of benzene rings is 4. The molecule has 3 N–H and O–H groups in total. The Bertz CT molecular complexity index is 2270. The molecular formula is C43H40N4O7S2. The molecule has 0 aliphatic carbocycles. The Hall–Kier alpha value is -6.18. The van der Waals surface area contributed by atoms with Gasteiger partial charge in [-0.25, -0.2) is 4.79 Å². The number of hydrogen-bond acceptors (Lipinski definition) is 9. The molecule has 4 aromatic carbocycles. The summed E-state index contributed by atoms with van der Waals surface area (Å²) in [6, 6.07) is 32.1. The first-order chi connectivity index (χ1) is 27.1. The molecule has 2 heterocycles. The third-order valence-electron chi connectivity index (χ3n) is 8.86. The first-order valence-corrected chi connectivity index (χ1v) is 19.6. The van der Waals surface area contributed by atoms with Crippen LogP contribution in [0.2, 0.25) is 0 Å². The van der Waals surface area contributed by atoms with Crippen molar-refractivity contribution in [2.75, 3.05) is 30.9 Å². The summed E-state index contributed by atoms with van der Waals surface area (Å²) in [5.74, 6) is -1.47. The van der Waals surface area contributed by atoms with Crippen molar-refractivity contribution in [1.82, 2.24) is 10.2 Å². The number of rotatable bonds is 13. The second kappa shape index (κ2) is 18.4. The van der Waals surface area contributed by atoms with Gasteiger partial charge in [-0.15, -0.1) is 23.1 Å². The zero-order valence-electron chi connectivity index (χ0n) is 31.0. The molecule has 1 aliphatic rings. The Kier molecular flexibility index (Phi) is 13.0. The highest BCUT2D eigenvalue weighted by Crippen LogP contribution is 2.41. The van der Waals surface area contributed by atoms with E-state index >= 15 is 0 Å². The third-order valence-corrected chi connectivity index (χ3v) is 11.2. The number of esters is 1. The number of nitrogens with zero attached hydrogens (tertiary/aromatic N) is 1. The predicted molar refractivity (Wildman–Crippen MR) is 219 cm³/mol. The number of carbonyl (C=O) groups excluding carboxylic acids is 5. The summed E-state index contributed by atoms with van der Waals surface area (Å²) in [6.45, 7) is 4.59. The van der Waals surface area contributed by atoms with Crippen molar-refractivity contribution in [3.63, 3.8) is 0 Å². The van der Waals surface area contributed by atoms with Crippen molar-refractivity contribution >= 4 is 69.5 Å². The van der Waals surface area contributed by atoms with Crippen molar-refractivity contribution in [3.05, 3.63) is 148 Å². The van der Waals surface area contributed by atoms with E-state index in [1.807, 2.05) is 55.5 Å². The second-order valence-electron chi connectivity index (χ2n) is 12.6. The third kappa shape index (κ3) is 9.54. The van der Waals surface area contributed by atoms with E-state index in [9.17, 15) is 24.0 Å². The molecular weight excluding hydrogens is 749 g/mol. The molecule has 6 rings (SSSR count). The quantitative estimate of drug-likeness (QED) is 0.0626. The van der Waals surface area contributed by atoms with Crippen LogP contribution in [0.3, 0.4) is 0 Å². The largest absolute Gasteiger partial charge is 0.493 e. The molecule has 1 aliphatic heterocycles. The first kappa shape index (κ1) is 39.5. The second-order valence-corrected chi connectivity index (χ2v) is 14.9. The van der Waals surface area contributed by atoms with E-state index in [-0.39, 0.29) is 17.5 Å². The summed E-state index contributed by atoms with van der Waals surface area (Å²) in [5, 5.41) is 8.27. The molecule has 286 valence electrons. The summed E-state index contributed by atoms with van der Waals surface area (Å²) in [4.78, 5) is 69.7. The van der Waals surface area contributed by atoms with Crippen molar-refractivity contribution in [2.45, 2.75) is 37.0 Å². The number of amides is 4. The van der Waals surface area contributed by atoms with Gasteiger partial charge in [0, 0.05) is 40.1 Å². The fourth-order valence-electron chi connectivity index (χ4n) is 6.12. The van der Waals surface area contributed by atoms with Gasteiger partial charge in [-0.05, 0) is 66.9 Å². The highest BCUT2D eigenvalue weighted by atomic mass is 32.2. The number of hydrogen-bond donors (Lipinski definition) is 3. The van der Waals surface area contributed by atoms with Crippen molar-refractivity contribution in [3.8, 4) is 5.75 Å². The minimum atomic E-state index is -0.767. The molecule has 5 aromatic rings. The molecule has 1 unspecified atom stereocenters. The molecule has 0 spiro atoms. The molecule has 13 heteroatoms. The lowest BCUT2D eigenvalue weighted by molar-refractivity contribution is -0.129. The van der Waals surface area contributed by atoms with Gasteiger partial charge >= 0.3 is 5.97 Å². The van der Waals surface area contributed by atoms with Crippen LogP contribution in [0.5, 0.6) is 5.75 Å². The molecule has 0 saturated carbocycles. The van der Waals surface area contributed by atoms with E-state index < -0.39 is 23.0 Å². The summed E-state index contributed by atoms with van der Waals surface area (Å²) < 4.78 is 10.9. The zero-order chi connectivity index (χ0) is 39.6. The lowest BCUT2D eigenvalue weighted by atomic mass is 10.0. The van der Waals surface area contributed by atoms with Crippen LogP contribution < -0.4 is 20.7 Å². The highest BCUT2D eigenvalue weighted by molar-refractivity contribution is 8.00. The Balaban J connectivity index is 1.26. The number of ether oxygens (including phenoxy) is 2. The maximum Gasteiger partial charge on any atom is 0.341 e. The predicted octanol–water partition coefficient (Wildman–Crippen LogP) is 7.72. The standard InChI is InChI=1S/C43H40N4O7S2/c1-4-54-35-21-12-11-18-30(35)24-34(45-39(49)29-16-9-6-10-17-29)40(50)44-31-19-13-20-32(25-31)55-38(28-14-7-5-8-15-28)41(51)46-42-37(43(52)53-3)33-22-23-47(27(2)48)26-36(33)56-42/h5-21,24-25,38H,4,22-23,26H2,1-3H3,(H,44,50)(H,45,49)(H,46,51)/b34-24+. The van der Waals surface area contributed by atoms with Crippen LogP contribution in [0, 0.1) is 0 Å². The molecule has 56 heavy (non-hydrogen) atoms. The van der Waals surface area contributed by atoms with Crippen LogP contribution in [-0.4, -0.2) is 54.8 Å². The monoisotopic (exact) mass is 788 g/mol. The number of methoxy groups -OCH3 is 1. The maximum atomic E-state index is 14.2. The van der Waals surface area contributed by atoms with Crippen LogP contribution in [-0.2, 0) is 32.1 Å². The summed E-state index contributed by atoms with van der Waals surface area (Å²) in [7, 11) is 1.30. The van der Waals surface area contributed by atoms with Gasteiger partial charge in [-0.2, -0.15) is 0 Å². The number of anilines is 2. The summed E-state index contributed by atoms with van der Waals surface area (Å²) in [5.41, 5.74) is 3.21. The number of fused-ring (bicyclic) bond motifs is 1. The maximum absolute atomic E-state index is 14.2. The highest BCUT2D eigenvalue weighted by Gasteiger charge is 2.32. The van der Waals surface area contributed by atoms with Gasteiger partial charge < -0.3 is 30.3 Å². The Labute approximate surface area is 333 Å². The molecule has 0 bridgehead atoms. The molecule has 1 aromatic heterocycles. The Morgan fingerprint density at radius 1 is 0.893 bits per heavy atom. The number of nitrogens with one attached hydrogen (secondary N) is 3. The first-order valence-electron chi connectivity index (χ1n) is 17.9. The summed E-state index contributed by atoms with van der Waals surface area (Å²) >= 11 is 2.53. The van der Waals surface area contributed by atoms with E-state index in [1.54, 1.807) is 71.6 Å². The van der Waals surface area contributed by atoms with Crippen LogP contribution in [0.15, 0.2) is 120 Å². The van der Waals surface area contributed by atoms with Gasteiger partial charge in [0.1, 0.15) is 21.7 Å². The van der Waals surface area contributed by atoms with Crippen LogP contribution in [0.4, 0.5) is 10.7 Å². The molecule has 0 saturated heterocycles. The smallest absolute Gasteiger partial charge is 0.341 e. The minimum Gasteiger partial charge on any atom is -0.493 e. The number of thioether (sulfide) groups is 1. The van der Waals surface area contributed by atoms with E-state index in [4.69, 9.17) is 9.47 Å². The van der Waals surface area contributed by atoms with Crippen molar-refractivity contribution in [1.29, 1.82) is 0 Å². The normalized spacial score (nSPS) is 12.8. The summed E-state index contributed by atoms with van der Waals surface area (Å²) in [6.07, 6.45) is 2.03. The molecule has 0 fully saturated rings. The van der Waals surface area contributed by atoms with E-state index in [2.05, 4.69) is 16.0 Å². The van der Waals surface area contributed by atoms with Crippen LogP contribution in [0.25, 0.3) is 6.08 Å². The van der Waals surface area contributed by atoms with E-state index in [0.717, 1.165) is 16.0 Å². The average Bonchev–Trinajstić information content (AvgIpc) is 3.57. The van der Waals surface area contributed by atoms with Crippen LogP contribution in [0.1, 0.15) is 61.4 Å². The van der Waals surface area contributed by atoms with Crippen molar-refractivity contribution in [2.24, 2.45) is 0 Å². The van der Waals surface area contributed by atoms with E-state index in [1.165, 1.54) is 37.1 Å². The van der Waals surface area contributed by atoms with Gasteiger partial charge in [-0.3, -0.25) is 19.2 Å². The fourth-order valence-corrected chi connectivity index (χ4v) is 8.46. The van der Waals surface area contributed by atoms with E-state index in [0.29, 0.717) is 64.1 Å². The van der Waals surface area contributed by atoms with Gasteiger partial charge in [-0.1, -0.05) is 72.8 Å². The molecule has 11 nitrogen and oxygen atoms in total. The topological polar surface area (TPSA) is 143 Å². The fraction of sp³-hybridized carbons (Fsp3) is 0.186. The minimum absolute atomic E-state index is 0.00270. The van der Waals surface area contributed by atoms with Crippen LogP contribution >= 0.6 is 23.1 Å². The number of para-hydroxylation sites is 1. The SMILES string of the molecule is CCOc1ccccc1/C=C(/NC(=O)c1ccccc1)C(=O)Nc1cccc(SC(C(=O)Nc2sc3c(c2C(=O)OC)CCN(C(C)=O)C3)c2ccccc2)c1. The van der Waals surface area contributed by atoms with Gasteiger partial charge in [0.2, 0.25) is 11.8 Å². The lowest BCUT2D eigenvalue weighted by Crippen LogP contribution is -2.33. The molecule has 4 amide bonds.